The molecule has 0 fully saturated rings. The Labute approximate surface area is 277 Å². The largest absolute Gasteiger partial charge is 0.478 e. The smallest absolute Gasteiger partial charge is 0.336 e. The van der Waals surface area contributed by atoms with Crippen molar-refractivity contribution in [2.75, 3.05) is 13.2 Å². The number of carboxylic acids is 2. The maximum atomic E-state index is 12.6. The SMILES string of the molecule is CCCCCCOC(C)OC(C)OC(CCC)c1c(C(=O)O)ccc(C(=O)O)c1C(CCC)OC(C)OC(C)OCCCCCC. The molecule has 0 radical (unpaired) electrons. The molecule has 0 saturated carbocycles. The summed E-state index contributed by atoms with van der Waals surface area (Å²) in [4.78, 5) is 25.2. The van der Waals surface area contributed by atoms with Gasteiger partial charge in [-0.3, -0.25) is 0 Å². The molecule has 2 N–H and O–H groups in total. The Morgan fingerprint density at radius 3 is 1.22 bits per heavy atom. The summed E-state index contributed by atoms with van der Waals surface area (Å²) in [5.41, 5.74) is 0.494. The van der Waals surface area contributed by atoms with Gasteiger partial charge in [0.2, 0.25) is 0 Å². The topological polar surface area (TPSA) is 130 Å². The molecule has 0 aliphatic heterocycles. The van der Waals surface area contributed by atoms with E-state index in [-0.39, 0.29) is 22.3 Å². The fourth-order valence-electron chi connectivity index (χ4n) is 5.49. The van der Waals surface area contributed by atoms with Gasteiger partial charge >= 0.3 is 11.9 Å². The fraction of sp³-hybridized carbons (Fsp3) is 0.778. The normalized spacial score (nSPS) is 15.7. The zero-order chi connectivity index (χ0) is 34.5. The van der Waals surface area contributed by atoms with Gasteiger partial charge in [-0.25, -0.2) is 9.59 Å². The van der Waals surface area contributed by atoms with E-state index in [9.17, 15) is 19.8 Å². The highest BCUT2D eigenvalue weighted by Gasteiger charge is 2.33. The first kappa shape index (κ1) is 41.9. The number of rotatable bonds is 28. The molecule has 0 aromatic heterocycles. The van der Waals surface area contributed by atoms with Gasteiger partial charge in [-0.05, 0) is 65.5 Å². The van der Waals surface area contributed by atoms with Gasteiger partial charge in [0.25, 0.3) is 0 Å². The van der Waals surface area contributed by atoms with Crippen LogP contribution in [0.2, 0.25) is 0 Å². The van der Waals surface area contributed by atoms with Gasteiger partial charge < -0.3 is 38.6 Å². The Hall–Kier alpha value is -2.08. The summed E-state index contributed by atoms with van der Waals surface area (Å²) < 4.78 is 36.3. The van der Waals surface area contributed by atoms with Gasteiger partial charge in [0.15, 0.2) is 25.2 Å². The van der Waals surface area contributed by atoms with E-state index in [0.29, 0.717) is 38.9 Å². The minimum atomic E-state index is -1.18. The molecule has 0 spiro atoms. The highest BCUT2D eigenvalue weighted by molar-refractivity contribution is 5.95. The molecular weight excluding hydrogens is 592 g/mol. The van der Waals surface area contributed by atoms with Crippen molar-refractivity contribution >= 4 is 11.9 Å². The van der Waals surface area contributed by atoms with Gasteiger partial charge in [-0.1, -0.05) is 79.1 Å². The molecule has 0 bridgehead atoms. The third-order valence-electron chi connectivity index (χ3n) is 7.67. The van der Waals surface area contributed by atoms with Crippen LogP contribution in [0.4, 0.5) is 0 Å². The Morgan fingerprint density at radius 1 is 0.543 bits per heavy atom. The zero-order valence-corrected chi connectivity index (χ0v) is 29.7. The monoisotopic (exact) mass is 654 g/mol. The lowest BCUT2D eigenvalue weighted by Crippen LogP contribution is -2.28. The second-order valence-corrected chi connectivity index (χ2v) is 11.8. The zero-order valence-electron chi connectivity index (χ0n) is 29.7. The number of benzene rings is 1. The second-order valence-electron chi connectivity index (χ2n) is 11.8. The first-order valence-electron chi connectivity index (χ1n) is 17.5. The average Bonchev–Trinajstić information content (AvgIpc) is 2.99. The first-order valence-corrected chi connectivity index (χ1v) is 17.5. The minimum Gasteiger partial charge on any atom is -0.478 e. The van der Waals surface area contributed by atoms with Crippen LogP contribution in [0.25, 0.3) is 0 Å². The second kappa shape index (κ2) is 24.1. The number of hydrogen-bond acceptors (Lipinski definition) is 8. The molecule has 266 valence electrons. The van der Waals surface area contributed by atoms with E-state index in [1.54, 1.807) is 27.7 Å². The minimum absolute atomic E-state index is 0.0343. The number of ether oxygens (including phenoxy) is 6. The van der Waals surface area contributed by atoms with Crippen molar-refractivity contribution < 1.29 is 48.2 Å². The molecule has 10 nitrogen and oxygen atoms in total. The van der Waals surface area contributed by atoms with Crippen LogP contribution >= 0.6 is 0 Å². The molecule has 0 aliphatic rings. The van der Waals surface area contributed by atoms with Crippen LogP contribution in [0, 0.1) is 0 Å². The molecular formula is C36H62O10. The van der Waals surface area contributed by atoms with Crippen molar-refractivity contribution in [3.8, 4) is 0 Å². The van der Waals surface area contributed by atoms with Crippen LogP contribution in [0.1, 0.15) is 176 Å². The molecule has 1 aromatic rings. The molecule has 1 aromatic carbocycles. The van der Waals surface area contributed by atoms with E-state index < -0.39 is 49.3 Å². The van der Waals surface area contributed by atoms with Crippen LogP contribution in [-0.2, 0) is 28.4 Å². The maximum absolute atomic E-state index is 12.6. The molecule has 10 heteroatoms. The molecule has 0 aliphatic carbocycles. The molecule has 0 amide bonds. The lowest BCUT2D eigenvalue weighted by molar-refractivity contribution is -0.250. The van der Waals surface area contributed by atoms with E-state index in [1.807, 2.05) is 13.8 Å². The average molecular weight is 655 g/mol. The lowest BCUT2D eigenvalue weighted by atomic mass is 9.86. The van der Waals surface area contributed by atoms with Crippen LogP contribution < -0.4 is 0 Å². The third-order valence-corrected chi connectivity index (χ3v) is 7.67. The first-order chi connectivity index (χ1) is 22.0. The van der Waals surface area contributed by atoms with E-state index in [2.05, 4.69) is 13.8 Å². The number of aromatic carboxylic acids is 2. The summed E-state index contributed by atoms with van der Waals surface area (Å²) in [6.45, 7) is 16.5. The standard InChI is InChI=1S/C36H62O10/c1-9-13-15-17-23-41-25(5)43-27(7)45-31(19-11-3)33-29(35(37)38)21-22-30(36(39)40)34(33)32(20-12-4)46-28(8)44-26(6)42-24-18-16-14-10-2/h21-22,25-28,31-32H,9-20,23-24H2,1-8H3,(H,37,38)(H,39,40). The quantitative estimate of drug-likeness (QED) is 0.0665. The molecule has 1 rings (SSSR count). The summed E-state index contributed by atoms with van der Waals surface area (Å²) in [6, 6.07) is 2.67. The lowest BCUT2D eigenvalue weighted by Gasteiger charge is -2.32. The van der Waals surface area contributed by atoms with Crippen molar-refractivity contribution in [2.45, 2.75) is 170 Å². The summed E-state index contributed by atoms with van der Waals surface area (Å²) in [6.07, 6.45) is 6.68. The van der Waals surface area contributed by atoms with Gasteiger partial charge in [0.1, 0.15) is 0 Å². The van der Waals surface area contributed by atoms with Gasteiger partial charge in [-0.2, -0.15) is 0 Å². The fourth-order valence-corrected chi connectivity index (χ4v) is 5.49. The Bertz CT molecular complexity index is 907. The molecule has 0 heterocycles. The van der Waals surface area contributed by atoms with Crippen molar-refractivity contribution in [3.05, 3.63) is 34.4 Å². The summed E-state index contributed by atoms with van der Waals surface area (Å²) in [7, 11) is 0. The Morgan fingerprint density at radius 2 is 0.913 bits per heavy atom. The molecule has 46 heavy (non-hydrogen) atoms. The van der Waals surface area contributed by atoms with Crippen molar-refractivity contribution in [3.63, 3.8) is 0 Å². The highest BCUT2D eigenvalue weighted by atomic mass is 16.8. The third kappa shape index (κ3) is 15.7. The maximum Gasteiger partial charge on any atom is 0.336 e. The van der Waals surface area contributed by atoms with Crippen LogP contribution in [0.5, 0.6) is 0 Å². The number of hydrogen-bond donors (Lipinski definition) is 2. The van der Waals surface area contributed by atoms with Gasteiger partial charge in [-0.15, -0.1) is 0 Å². The van der Waals surface area contributed by atoms with Crippen LogP contribution in [0.3, 0.4) is 0 Å². The number of unbranched alkanes of at least 4 members (excludes halogenated alkanes) is 6. The Balaban J connectivity index is 3.36. The van der Waals surface area contributed by atoms with Crippen LogP contribution in [0.15, 0.2) is 12.1 Å². The highest BCUT2D eigenvalue weighted by Crippen LogP contribution is 2.39. The van der Waals surface area contributed by atoms with Crippen LogP contribution in [-0.4, -0.2) is 60.5 Å². The van der Waals surface area contributed by atoms with E-state index >= 15 is 0 Å². The van der Waals surface area contributed by atoms with E-state index in [0.717, 1.165) is 51.4 Å². The van der Waals surface area contributed by atoms with Crippen molar-refractivity contribution in [1.82, 2.24) is 0 Å². The number of carbonyl (C=O) groups is 2. The predicted octanol–water partition coefficient (Wildman–Crippen LogP) is 9.41. The predicted molar refractivity (Wildman–Crippen MR) is 178 cm³/mol. The molecule has 6 unspecified atom stereocenters. The summed E-state index contributed by atoms with van der Waals surface area (Å²) in [5, 5.41) is 20.6. The van der Waals surface area contributed by atoms with E-state index in [4.69, 9.17) is 28.4 Å². The van der Waals surface area contributed by atoms with E-state index in [1.165, 1.54) is 12.1 Å². The van der Waals surface area contributed by atoms with Gasteiger partial charge in [0.05, 0.1) is 23.3 Å². The molecule has 6 atom stereocenters. The Kier molecular flexibility index (Phi) is 22.0. The number of carboxylic acid groups (broad SMARTS) is 2. The van der Waals surface area contributed by atoms with Crippen molar-refractivity contribution in [2.24, 2.45) is 0 Å². The molecule has 0 saturated heterocycles. The van der Waals surface area contributed by atoms with Crippen molar-refractivity contribution in [1.29, 1.82) is 0 Å². The summed E-state index contributed by atoms with van der Waals surface area (Å²) in [5.74, 6) is -2.36. The van der Waals surface area contributed by atoms with Gasteiger partial charge in [0, 0.05) is 24.3 Å². The summed E-state index contributed by atoms with van der Waals surface area (Å²) >= 11 is 0.